The summed E-state index contributed by atoms with van der Waals surface area (Å²) in [5.41, 5.74) is 1.23. The van der Waals surface area contributed by atoms with E-state index in [0.29, 0.717) is 54.6 Å². The van der Waals surface area contributed by atoms with Crippen molar-refractivity contribution in [2.45, 2.75) is 24.8 Å². The van der Waals surface area contributed by atoms with Crippen LogP contribution in [-0.2, 0) is 4.74 Å². The molecule has 0 unspecified atom stereocenters. The lowest BCUT2D eigenvalue weighted by Crippen LogP contribution is -2.53. The fourth-order valence-electron chi connectivity index (χ4n) is 3.93. The summed E-state index contributed by atoms with van der Waals surface area (Å²) in [6.07, 6.45) is 3.26. The second kappa shape index (κ2) is 10.0. The predicted octanol–water partition coefficient (Wildman–Crippen LogP) is 4.25. The molecule has 7 nitrogen and oxygen atoms in total. The van der Waals surface area contributed by atoms with E-state index < -0.39 is 5.54 Å². The van der Waals surface area contributed by atoms with Gasteiger partial charge in [0.15, 0.2) is 0 Å². The maximum atomic E-state index is 13.1. The lowest BCUT2D eigenvalue weighted by molar-refractivity contribution is 0.0383. The number of nitrogens with one attached hydrogen (secondary N) is 3. The molecule has 170 valence electrons. The Balaban J connectivity index is 1.47. The lowest BCUT2D eigenvalue weighted by atomic mass is 9.85. The summed E-state index contributed by atoms with van der Waals surface area (Å²) in [6, 6.07) is 19.0. The minimum absolute atomic E-state index is 0.137. The zero-order valence-corrected chi connectivity index (χ0v) is 18.8. The third-order valence-corrected chi connectivity index (χ3v) is 5.97. The van der Waals surface area contributed by atoms with Gasteiger partial charge >= 0.3 is 0 Å². The van der Waals surface area contributed by atoms with Gasteiger partial charge in [-0.15, -0.1) is 0 Å². The van der Waals surface area contributed by atoms with E-state index in [1.165, 1.54) is 10.6 Å². The topological polar surface area (TPSA) is 96.2 Å². The highest BCUT2D eigenvalue weighted by Gasteiger charge is 2.35. The van der Waals surface area contributed by atoms with E-state index in [9.17, 15) is 9.59 Å². The zero-order chi connectivity index (χ0) is 23.3. The number of carbonyl (C=O) groups excluding carboxylic acids is 1. The van der Waals surface area contributed by atoms with Crippen LogP contribution in [0, 0.1) is 5.41 Å². The number of amidine groups is 1. The van der Waals surface area contributed by atoms with Gasteiger partial charge in [0.25, 0.3) is 11.5 Å². The Bertz CT molecular complexity index is 1180. The molecule has 1 aliphatic heterocycles. The van der Waals surface area contributed by atoms with Crippen LogP contribution in [0.1, 0.15) is 29.6 Å². The lowest BCUT2D eigenvalue weighted by Gasteiger charge is -2.38. The molecule has 2 heterocycles. The quantitative estimate of drug-likeness (QED) is 0.375. The van der Waals surface area contributed by atoms with Gasteiger partial charge in [-0.3, -0.25) is 19.6 Å². The first-order valence-electron chi connectivity index (χ1n) is 10.7. The summed E-state index contributed by atoms with van der Waals surface area (Å²) in [4.78, 5) is 25.1. The van der Waals surface area contributed by atoms with E-state index in [-0.39, 0.29) is 11.5 Å². The normalized spacial score (nSPS) is 14.9. The number of amides is 1. The highest BCUT2D eigenvalue weighted by Crippen LogP contribution is 2.26. The van der Waals surface area contributed by atoms with E-state index in [1.807, 2.05) is 12.1 Å². The molecule has 0 atom stereocenters. The second-order valence-corrected chi connectivity index (χ2v) is 8.53. The Kier molecular flexibility index (Phi) is 6.91. The van der Waals surface area contributed by atoms with Crippen molar-refractivity contribution in [3.05, 3.63) is 93.9 Å². The molecule has 1 aliphatic rings. The predicted molar refractivity (Wildman–Crippen MR) is 130 cm³/mol. The minimum Gasteiger partial charge on any atom is -0.381 e. The molecule has 0 radical (unpaired) electrons. The molecule has 0 saturated carbocycles. The van der Waals surface area contributed by atoms with Crippen molar-refractivity contribution in [3.8, 4) is 5.69 Å². The molecule has 3 N–H and O–H groups in total. The number of carbonyl (C=O) groups is 1. The first-order chi connectivity index (χ1) is 15.9. The number of rotatable bonds is 6. The Morgan fingerprint density at radius 3 is 2.39 bits per heavy atom. The molecular weight excluding hydrogens is 440 g/mol. The highest BCUT2D eigenvalue weighted by atomic mass is 35.5. The van der Waals surface area contributed by atoms with Gasteiger partial charge in [-0.1, -0.05) is 17.7 Å². The van der Waals surface area contributed by atoms with Gasteiger partial charge in [-0.25, -0.2) is 0 Å². The van der Waals surface area contributed by atoms with Crippen LogP contribution >= 0.6 is 11.6 Å². The van der Waals surface area contributed by atoms with Crippen molar-refractivity contribution < 1.29 is 9.53 Å². The molecular formula is C25H25ClN4O3. The second-order valence-electron chi connectivity index (χ2n) is 8.09. The average Bonchev–Trinajstić information content (AvgIpc) is 2.81. The fraction of sp³-hybridized carbons (Fsp3) is 0.240. The van der Waals surface area contributed by atoms with Crippen LogP contribution in [0.2, 0.25) is 5.02 Å². The summed E-state index contributed by atoms with van der Waals surface area (Å²) in [5.74, 6) is 0.0847. The van der Waals surface area contributed by atoms with Crippen LogP contribution in [0.25, 0.3) is 5.69 Å². The number of aromatic nitrogens is 1. The van der Waals surface area contributed by atoms with E-state index >= 15 is 0 Å². The Labute approximate surface area is 196 Å². The Hall–Kier alpha value is -3.42. The van der Waals surface area contributed by atoms with Crippen LogP contribution in [0.15, 0.2) is 77.7 Å². The maximum absolute atomic E-state index is 13.1. The fourth-order valence-corrected chi connectivity index (χ4v) is 4.05. The smallest absolute Gasteiger partial charge is 0.255 e. The first kappa shape index (κ1) is 22.8. The van der Waals surface area contributed by atoms with E-state index in [2.05, 4.69) is 10.6 Å². The van der Waals surface area contributed by atoms with Gasteiger partial charge in [-0.2, -0.15) is 0 Å². The van der Waals surface area contributed by atoms with Gasteiger partial charge in [-0.05, 0) is 67.4 Å². The molecule has 8 heteroatoms. The Morgan fingerprint density at radius 1 is 1.03 bits per heavy atom. The van der Waals surface area contributed by atoms with Gasteiger partial charge in [0.05, 0.1) is 11.4 Å². The third kappa shape index (κ3) is 5.69. The van der Waals surface area contributed by atoms with Crippen LogP contribution in [-0.4, -0.2) is 35.1 Å². The zero-order valence-electron chi connectivity index (χ0n) is 18.0. The van der Waals surface area contributed by atoms with Crippen molar-refractivity contribution in [2.75, 3.05) is 18.5 Å². The number of anilines is 1. The molecule has 4 rings (SSSR count). The monoisotopic (exact) mass is 464 g/mol. The number of pyridine rings is 1. The molecule has 0 aliphatic carbocycles. The first-order valence-corrected chi connectivity index (χ1v) is 11.1. The van der Waals surface area contributed by atoms with Crippen LogP contribution < -0.4 is 16.2 Å². The van der Waals surface area contributed by atoms with Crippen molar-refractivity contribution in [1.82, 2.24) is 9.88 Å². The van der Waals surface area contributed by atoms with E-state index in [1.54, 1.807) is 54.7 Å². The van der Waals surface area contributed by atoms with E-state index in [4.69, 9.17) is 21.7 Å². The molecule has 1 amide bonds. The number of ether oxygens (including phenoxy) is 1. The minimum atomic E-state index is -0.582. The van der Waals surface area contributed by atoms with Gasteiger partial charge < -0.3 is 15.4 Å². The summed E-state index contributed by atoms with van der Waals surface area (Å²) in [7, 11) is 0. The highest BCUT2D eigenvalue weighted by molar-refractivity contribution is 6.30. The summed E-state index contributed by atoms with van der Waals surface area (Å²) >= 11 is 5.93. The average molecular weight is 465 g/mol. The Morgan fingerprint density at radius 2 is 1.73 bits per heavy atom. The SMILES string of the molecule is N=C(CC1(NC(=O)c2ccc(-n3ccccc3=O)cc2)CCOCC1)Nc1ccc(Cl)cc1. The number of hydrogen-bond donors (Lipinski definition) is 3. The number of hydrogen-bond acceptors (Lipinski definition) is 4. The largest absolute Gasteiger partial charge is 0.381 e. The standard InChI is InChI=1S/C25H25ClN4O3/c26-19-6-8-20(9-7-19)28-22(27)17-25(12-15-33-16-13-25)29-24(32)18-4-10-21(11-5-18)30-14-2-1-3-23(30)31/h1-11,14H,12-13,15-17H2,(H2,27,28)(H,29,32). The molecule has 1 fully saturated rings. The maximum Gasteiger partial charge on any atom is 0.255 e. The molecule has 33 heavy (non-hydrogen) atoms. The van der Waals surface area contributed by atoms with Gasteiger partial charge in [0.2, 0.25) is 0 Å². The van der Waals surface area contributed by atoms with Gasteiger partial charge in [0, 0.05) is 53.9 Å². The number of nitrogens with zero attached hydrogens (tertiary/aromatic N) is 1. The number of benzene rings is 2. The van der Waals surface area contributed by atoms with Gasteiger partial charge in [0.1, 0.15) is 0 Å². The molecule has 0 spiro atoms. The van der Waals surface area contributed by atoms with Crippen LogP contribution in [0.5, 0.6) is 0 Å². The summed E-state index contributed by atoms with van der Waals surface area (Å²) in [5, 5.41) is 15.3. The van der Waals surface area contributed by atoms with E-state index in [0.717, 1.165) is 5.69 Å². The van der Waals surface area contributed by atoms with Crippen LogP contribution in [0.4, 0.5) is 5.69 Å². The molecule has 0 bridgehead atoms. The molecule has 1 saturated heterocycles. The molecule has 1 aromatic heterocycles. The summed E-state index contributed by atoms with van der Waals surface area (Å²) in [6.45, 7) is 1.04. The van der Waals surface area contributed by atoms with Crippen molar-refractivity contribution >= 4 is 29.0 Å². The van der Waals surface area contributed by atoms with Crippen LogP contribution in [0.3, 0.4) is 0 Å². The van der Waals surface area contributed by atoms with Crippen molar-refractivity contribution in [2.24, 2.45) is 0 Å². The van der Waals surface area contributed by atoms with Crippen molar-refractivity contribution in [3.63, 3.8) is 0 Å². The third-order valence-electron chi connectivity index (χ3n) is 5.71. The summed E-state index contributed by atoms with van der Waals surface area (Å²) < 4.78 is 7.03. The number of halogens is 1. The van der Waals surface area contributed by atoms with Crippen molar-refractivity contribution in [1.29, 1.82) is 5.41 Å². The molecule has 3 aromatic rings. The molecule has 2 aromatic carbocycles.